The Hall–Kier alpha value is -1.97. The number of nitro groups is 1. The van der Waals surface area contributed by atoms with Gasteiger partial charge in [0.1, 0.15) is 5.69 Å². The molecule has 0 aliphatic heterocycles. The van der Waals surface area contributed by atoms with Gasteiger partial charge < -0.3 is 5.73 Å². The molecular weight excluding hydrogens is 363 g/mol. The molecule has 0 radical (unpaired) electrons. The van der Waals surface area contributed by atoms with Gasteiger partial charge in [-0.05, 0) is 34.2 Å². The van der Waals surface area contributed by atoms with Crippen molar-refractivity contribution in [3.8, 4) is 0 Å². The number of rotatable bonds is 3. The Morgan fingerprint density at radius 2 is 2.21 bits per heavy atom. The van der Waals surface area contributed by atoms with Crippen molar-refractivity contribution in [2.45, 2.75) is 6.54 Å². The fourth-order valence-corrected chi connectivity index (χ4v) is 2.07. The molecule has 8 heteroatoms. The molecule has 1 aromatic carbocycles. The van der Waals surface area contributed by atoms with Crippen LogP contribution in [0.1, 0.15) is 5.56 Å². The third kappa shape index (κ3) is 2.89. The van der Waals surface area contributed by atoms with Crippen LogP contribution in [-0.4, -0.2) is 14.5 Å². The topological polar surface area (TPSA) is 104 Å². The van der Waals surface area contributed by atoms with E-state index in [-0.39, 0.29) is 23.5 Å². The predicted octanol–water partition coefficient (Wildman–Crippen LogP) is 1.39. The van der Waals surface area contributed by atoms with Crippen LogP contribution in [0, 0.1) is 13.7 Å². The minimum absolute atomic E-state index is 0.0779. The maximum Gasteiger partial charge on any atom is 0.292 e. The molecule has 0 bridgehead atoms. The van der Waals surface area contributed by atoms with Crippen LogP contribution >= 0.6 is 22.6 Å². The smallest absolute Gasteiger partial charge is 0.292 e. The van der Waals surface area contributed by atoms with Gasteiger partial charge in [-0.15, -0.1) is 0 Å². The third-order valence-electron chi connectivity index (χ3n) is 2.50. The molecule has 0 saturated carbocycles. The molecule has 2 rings (SSSR count). The highest BCUT2D eigenvalue weighted by Crippen LogP contribution is 2.22. The Bertz CT molecular complexity index is 699. The van der Waals surface area contributed by atoms with E-state index in [9.17, 15) is 14.9 Å². The number of aromatic nitrogens is 2. The summed E-state index contributed by atoms with van der Waals surface area (Å²) < 4.78 is 1.93. The number of nitro benzene ring substituents is 1. The lowest BCUT2D eigenvalue weighted by molar-refractivity contribution is -0.383. The standard InChI is InChI=1S/C11H9IN4O3/c12-8-4-14-6-15(11(8)17)5-7-1-2-10(16(18)19)9(13)3-7/h1-4,6H,5,13H2. The van der Waals surface area contributed by atoms with Gasteiger partial charge in [-0.25, -0.2) is 4.98 Å². The zero-order valence-electron chi connectivity index (χ0n) is 9.62. The number of nitrogen functional groups attached to an aromatic ring is 1. The third-order valence-corrected chi connectivity index (χ3v) is 3.24. The lowest BCUT2D eigenvalue weighted by Gasteiger charge is -2.06. The fraction of sp³-hybridized carbons (Fsp3) is 0.0909. The molecule has 0 atom stereocenters. The minimum atomic E-state index is -0.543. The van der Waals surface area contributed by atoms with E-state index < -0.39 is 4.92 Å². The lowest BCUT2D eigenvalue weighted by Crippen LogP contribution is -2.22. The van der Waals surface area contributed by atoms with E-state index in [2.05, 4.69) is 4.98 Å². The number of nitrogens with zero attached hydrogens (tertiary/aromatic N) is 3. The van der Waals surface area contributed by atoms with Gasteiger partial charge in [0, 0.05) is 12.3 Å². The minimum Gasteiger partial charge on any atom is -0.393 e. The SMILES string of the molecule is Nc1cc(Cn2cncc(I)c2=O)ccc1[N+](=O)[O-]. The van der Waals surface area contributed by atoms with Gasteiger partial charge >= 0.3 is 0 Å². The van der Waals surface area contributed by atoms with E-state index in [1.54, 1.807) is 6.07 Å². The van der Waals surface area contributed by atoms with Gasteiger partial charge in [-0.1, -0.05) is 6.07 Å². The summed E-state index contributed by atoms with van der Waals surface area (Å²) in [5, 5.41) is 10.6. The highest BCUT2D eigenvalue weighted by Gasteiger charge is 2.11. The van der Waals surface area contributed by atoms with E-state index in [1.165, 1.54) is 29.2 Å². The van der Waals surface area contributed by atoms with E-state index >= 15 is 0 Å². The Morgan fingerprint density at radius 3 is 2.84 bits per heavy atom. The van der Waals surface area contributed by atoms with Crippen LogP contribution in [-0.2, 0) is 6.54 Å². The second kappa shape index (κ2) is 5.34. The lowest BCUT2D eigenvalue weighted by atomic mass is 10.1. The highest BCUT2D eigenvalue weighted by atomic mass is 127. The van der Waals surface area contributed by atoms with Gasteiger partial charge in [0.05, 0.1) is 21.4 Å². The van der Waals surface area contributed by atoms with E-state index in [0.29, 0.717) is 9.13 Å². The summed E-state index contributed by atoms with van der Waals surface area (Å²) in [6.45, 7) is 0.269. The van der Waals surface area contributed by atoms with Crippen LogP contribution in [0.3, 0.4) is 0 Å². The summed E-state index contributed by atoms with van der Waals surface area (Å²) >= 11 is 1.90. The van der Waals surface area contributed by atoms with Gasteiger partial charge in [0.25, 0.3) is 11.2 Å². The molecule has 2 aromatic rings. The monoisotopic (exact) mass is 372 g/mol. The average molecular weight is 372 g/mol. The summed E-state index contributed by atoms with van der Waals surface area (Å²) in [5.74, 6) is 0. The number of benzene rings is 1. The van der Waals surface area contributed by atoms with E-state index in [0.717, 1.165) is 0 Å². The molecule has 19 heavy (non-hydrogen) atoms. The van der Waals surface area contributed by atoms with Crippen molar-refractivity contribution >= 4 is 34.0 Å². The first kappa shape index (κ1) is 13.5. The number of hydrogen-bond acceptors (Lipinski definition) is 5. The van der Waals surface area contributed by atoms with E-state index in [1.807, 2.05) is 22.6 Å². The summed E-state index contributed by atoms with van der Waals surface area (Å²) in [7, 11) is 0. The molecule has 0 amide bonds. The zero-order valence-corrected chi connectivity index (χ0v) is 11.8. The Kier molecular flexibility index (Phi) is 3.79. The zero-order chi connectivity index (χ0) is 14.0. The quantitative estimate of drug-likeness (QED) is 0.380. The van der Waals surface area contributed by atoms with Gasteiger partial charge in [0.15, 0.2) is 0 Å². The molecule has 2 N–H and O–H groups in total. The normalized spacial score (nSPS) is 10.4. The van der Waals surface area contributed by atoms with Crippen LogP contribution in [0.15, 0.2) is 35.5 Å². The van der Waals surface area contributed by atoms with Crippen molar-refractivity contribution in [1.82, 2.24) is 9.55 Å². The Balaban J connectivity index is 2.34. The number of anilines is 1. The molecule has 7 nitrogen and oxygen atoms in total. The number of hydrogen-bond donors (Lipinski definition) is 1. The van der Waals surface area contributed by atoms with Gasteiger partial charge in [-0.2, -0.15) is 0 Å². The summed E-state index contributed by atoms with van der Waals surface area (Å²) in [6, 6.07) is 4.39. The van der Waals surface area contributed by atoms with Crippen LogP contribution in [0.4, 0.5) is 11.4 Å². The van der Waals surface area contributed by atoms with Crippen molar-refractivity contribution in [3.05, 3.63) is 60.3 Å². The maximum absolute atomic E-state index is 11.8. The molecule has 0 unspecified atom stereocenters. The van der Waals surface area contributed by atoms with Crippen LogP contribution in [0.2, 0.25) is 0 Å². The Morgan fingerprint density at radius 1 is 1.47 bits per heavy atom. The van der Waals surface area contributed by atoms with E-state index in [4.69, 9.17) is 5.73 Å². The summed E-state index contributed by atoms with van der Waals surface area (Å²) in [4.78, 5) is 25.8. The molecule has 0 saturated heterocycles. The molecule has 0 aliphatic rings. The van der Waals surface area contributed by atoms with Crippen molar-refractivity contribution in [1.29, 1.82) is 0 Å². The Labute approximate surface area is 121 Å². The van der Waals surface area contributed by atoms with Crippen molar-refractivity contribution in [2.24, 2.45) is 0 Å². The molecule has 1 heterocycles. The second-order valence-electron chi connectivity index (χ2n) is 3.82. The molecule has 0 aliphatic carbocycles. The molecule has 0 fully saturated rings. The predicted molar refractivity (Wildman–Crippen MR) is 77.8 cm³/mol. The summed E-state index contributed by atoms with van der Waals surface area (Å²) in [5.41, 5.74) is 6.08. The molecule has 1 aromatic heterocycles. The maximum atomic E-state index is 11.8. The first-order valence-electron chi connectivity index (χ1n) is 5.22. The largest absolute Gasteiger partial charge is 0.393 e. The average Bonchev–Trinajstić information content (AvgIpc) is 2.34. The highest BCUT2D eigenvalue weighted by molar-refractivity contribution is 14.1. The second-order valence-corrected chi connectivity index (χ2v) is 4.99. The summed E-state index contributed by atoms with van der Waals surface area (Å²) in [6.07, 6.45) is 2.89. The fourth-order valence-electron chi connectivity index (χ4n) is 1.60. The van der Waals surface area contributed by atoms with Gasteiger partial charge in [-0.3, -0.25) is 19.5 Å². The molecule has 98 valence electrons. The van der Waals surface area contributed by atoms with Gasteiger partial charge in [0.2, 0.25) is 0 Å². The molecular formula is C11H9IN4O3. The number of halogens is 1. The molecule has 0 spiro atoms. The van der Waals surface area contributed by atoms with Crippen LogP contribution in [0.25, 0.3) is 0 Å². The van der Waals surface area contributed by atoms with Crippen molar-refractivity contribution in [3.63, 3.8) is 0 Å². The first-order chi connectivity index (χ1) is 8.99. The number of nitrogens with two attached hydrogens (primary N) is 1. The van der Waals surface area contributed by atoms with Crippen molar-refractivity contribution in [2.75, 3.05) is 5.73 Å². The van der Waals surface area contributed by atoms with Crippen LogP contribution < -0.4 is 11.3 Å². The first-order valence-corrected chi connectivity index (χ1v) is 6.29. The van der Waals surface area contributed by atoms with Crippen LogP contribution in [0.5, 0.6) is 0 Å². The van der Waals surface area contributed by atoms with Crippen molar-refractivity contribution < 1.29 is 4.92 Å².